The van der Waals surface area contributed by atoms with Gasteiger partial charge in [0.25, 0.3) is 10.0 Å². The Hall–Kier alpha value is -3.17. The summed E-state index contributed by atoms with van der Waals surface area (Å²) in [6.45, 7) is 0.0790. The zero-order valence-electron chi connectivity index (χ0n) is 15.7. The number of hydrogen-bond donors (Lipinski definition) is 2. The van der Waals surface area contributed by atoms with Crippen molar-refractivity contribution in [1.82, 2.24) is 0 Å². The monoisotopic (exact) mass is 442 g/mol. The Morgan fingerprint density at radius 2 is 1.80 bits per heavy atom. The second-order valence-electron chi connectivity index (χ2n) is 6.91. The average Bonchev–Trinajstić information content (AvgIpc) is 3.35. The van der Waals surface area contributed by atoms with E-state index >= 15 is 0 Å². The van der Waals surface area contributed by atoms with Gasteiger partial charge >= 0.3 is 5.97 Å². The van der Waals surface area contributed by atoms with Gasteiger partial charge in [0.05, 0.1) is 16.5 Å². The van der Waals surface area contributed by atoms with Gasteiger partial charge in [0.15, 0.2) is 0 Å². The minimum Gasteiger partial charge on any atom is -0.481 e. The highest BCUT2D eigenvalue weighted by molar-refractivity contribution is 7.92. The Balaban J connectivity index is 1.49. The van der Waals surface area contributed by atoms with Crippen molar-refractivity contribution in [2.45, 2.75) is 11.3 Å². The van der Waals surface area contributed by atoms with Crippen molar-refractivity contribution in [2.75, 3.05) is 16.2 Å². The molecule has 9 heteroatoms. The third-order valence-electron chi connectivity index (χ3n) is 4.84. The molecule has 1 fully saturated rings. The highest BCUT2D eigenvalue weighted by Crippen LogP contribution is 2.31. The summed E-state index contributed by atoms with van der Waals surface area (Å²) in [5.41, 5.74) is 1.96. The van der Waals surface area contributed by atoms with E-state index in [1.54, 1.807) is 11.4 Å². The van der Waals surface area contributed by atoms with E-state index in [-0.39, 0.29) is 23.8 Å². The molecule has 7 nitrogen and oxygen atoms in total. The van der Waals surface area contributed by atoms with Crippen molar-refractivity contribution in [1.29, 1.82) is 0 Å². The van der Waals surface area contributed by atoms with Crippen LogP contribution in [0.25, 0.3) is 10.4 Å². The van der Waals surface area contributed by atoms with E-state index in [1.807, 2.05) is 30.3 Å². The second-order valence-corrected chi connectivity index (χ2v) is 9.50. The molecule has 0 aliphatic carbocycles. The van der Waals surface area contributed by atoms with E-state index in [4.69, 9.17) is 5.11 Å². The van der Waals surface area contributed by atoms with Crippen LogP contribution in [0.2, 0.25) is 0 Å². The van der Waals surface area contributed by atoms with Crippen LogP contribution in [0.15, 0.2) is 70.9 Å². The highest BCUT2D eigenvalue weighted by atomic mass is 32.2. The Labute approximate surface area is 177 Å². The van der Waals surface area contributed by atoms with E-state index in [9.17, 15) is 18.0 Å². The molecule has 1 atom stereocenters. The summed E-state index contributed by atoms with van der Waals surface area (Å²) in [7, 11) is -3.80. The van der Waals surface area contributed by atoms with Crippen LogP contribution in [0, 0.1) is 5.92 Å². The molecule has 0 unspecified atom stereocenters. The number of nitrogens with zero attached hydrogens (tertiary/aromatic N) is 1. The molecule has 4 rings (SSSR count). The topological polar surface area (TPSA) is 104 Å². The number of thiophene rings is 1. The lowest BCUT2D eigenvalue weighted by atomic mass is 10.1. The average molecular weight is 443 g/mol. The Bertz CT molecular complexity index is 1190. The lowest BCUT2D eigenvalue weighted by Crippen LogP contribution is -2.25. The van der Waals surface area contributed by atoms with Crippen LogP contribution in [-0.2, 0) is 19.6 Å². The predicted molar refractivity (Wildman–Crippen MR) is 115 cm³/mol. The third-order valence-corrected chi connectivity index (χ3v) is 7.22. The van der Waals surface area contributed by atoms with Gasteiger partial charge in [-0.3, -0.25) is 14.3 Å². The van der Waals surface area contributed by atoms with Crippen LogP contribution in [0.3, 0.4) is 0 Å². The molecule has 0 radical (unpaired) electrons. The fourth-order valence-corrected chi connectivity index (χ4v) is 5.25. The Morgan fingerprint density at radius 3 is 2.43 bits per heavy atom. The molecule has 2 aromatic carbocycles. The number of rotatable bonds is 6. The molecular weight excluding hydrogens is 424 g/mol. The number of carbonyl (C=O) groups excluding carboxylic acids is 1. The van der Waals surface area contributed by atoms with Crippen molar-refractivity contribution in [3.8, 4) is 10.4 Å². The molecule has 1 aromatic heterocycles. The van der Waals surface area contributed by atoms with E-state index in [2.05, 4.69) is 4.72 Å². The summed E-state index contributed by atoms with van der Waals surface area (Å²) >= 11 is 1.44. The minimum atomic E-state index is -3.80. The van der Waals surface area contributed by atoms with Gasteiger partial charge in [0, 0.05) is 28.9 Å². The van der Waals surface area contributed by atoms with Gasteiger partial charge in [-0.05, 0) is 35.9 Å². The second kappa shape index (κ2) is 7.92. The normalized spacial score (nSPS) is 16.6. The zero-order chi connectivity index (χ0) is 21.3. The number of carbonyl (C=O) groups is 2. The van der Waals surface area contributed by atoms with Crippen LogP contribution in [0.5, 0.6) is 0 Å². The van der Waals surface area contributed by atoms with Crippen molar-refractivity contribution in [2.24, 2.45) is 5.92 Å². The number of carboxylic acid groups (broad SMARTS) is 1. The van der Waals surface area contributed by atoms with E-state index in [0.717, 1.165) is 10.4 Å². The molecule has 1 amide bonds. The maximum Gasteiger partial charge on any atom is 0.308 e. The standard InChI is InChI=1S/C21H18N2O5S2/c24-20-10-15(21(25)26)12-23(20)17-6-8-18(9-7-17)30(27,28)22-16-11-19(29-13-16)14-4-2-1-3-5-14/h1-9,11,13,15,22H,10,12H2,(H,25,26)/t15-/m0/s1. The molecule has 2 N–H and O–H groups in total. The summed E-state index contributed by atoms with van der Waals surface area (Å²) in [6, 6.07) is 17.3. The van der Waals surface area contributed by atoms with Gasteiger partial charge in [-0.15, -0.1) is 11.3 Å². The zero-order valence-corrected chi connectivity index (χ0v) is 17.3. The largest absolute Gasteiger partial charge is 0.481 e. The van der Waals surface area contributed by atoms with Crippen molar-refractivity contribution >= 4 is 44.6 Å². The number of nitrogens with one attached hydrogen (secondary N) is 1. The van der Waals surface area contributed by atoms with Gasteiger partial charge in [0.2, 0.25) is 5.91 Å². The van der Waals surface area contributed by atoms with Crippen LogP contribution in [-0.4, -0.2) is 31.9 Å². The first-order chi connectivity index (χ1) is 14.3. The van der Waals surface area contributed by atoms with Crippen molar-refractivity contribution in [3.05, 3.63) is 66.0 Å². The van der Waals surface area contributed by atoms with Crippen molar-refractivity contribution in [3.63, 3.8) is 0 Å². The molecular formula is C21H18N2O5S2. The Morgan fingerprint density at radius 1 is 1.10 bits per heavy atom. The van der Waals surface area contributed by atoms with Crippen molar-refractivity contribution < 1.29 is 23.1 Å². The van der Waals surface area contributed by atoms with E-state index < -0.39 is 21.9 Å². The van der Waals surface area contributed by atoms with Gasteiger partial charge < -0.3 is 10.0 Å². The van der Waals surface area contributed by atoms with Gasteiger partial charge in [-0.1, -0.05) is 30.3 Å². The van der Waals surface area contributed by atoms with Gasteiger partial charge in [-0.2, -0.15) is 0 Å². The number of carboxylic acids is 1. The molecule has 2 heterocycles. The first-order valence-electron chi connectivity index (χ1n) is 9.13. The molecule has 1 saturated heterocycles. The summed E-state index contributed by atoms with van der Waals surface area (Å²) in [5.74, 6) is -2.05. The summed E-state index contributed by atoms with van der Waals surface area (Å²) in [6.07, 6.45) is -0.0567. The quantitative estimate of drug-likeness (QED) is 0.606. The molecule has 0 saturated carbocycles. The summed E-state index contributed by atoms with van der Waals surface area (Å²) in [4.78, 5) is 25.5. The molecule has 1 aliphatic rings. The molecule has 30 heavy (non-hydrogen) atoms. The molecule has 0 bridgehead atoms. The summed E-state index contributed by atoms with van der Waals surface area (Å²) in [5, 5.41) is 10.8. The van der Waals surface area contributed by atoms with Crippen LogP contribution in [0.4, 0.5) is 11.4 Å². The smallest absolute Gasteiger partial charge is 0.308 e. The number of anilines is 2. The molecule has 3 aromatic rings. The molecule has 1 aliphatic heterocycles. The van der Waals surface area contributed by atoms with Crippen LogP contribution < -0.4 is 9.62 Å². The first-order valence-corrected chi connectivity index (χ1v) is 11.5. The fourth-order valence-electron chi connectivity index (χ4n) is 3.29. The van der Waals surface area contributed by atoms with E-state index in [1.165, 1.54) is 40.5 Å². The third kappa shape index (κ3) is 4.07. The highest BCUT2D eigenvalue weighted by Gasteiger charge is 2.35. The molecule has 0 spiro atoms. The lowest BCUT2D eigenvalue weighted by molar-refractivity contribution is -0.141. The van der Waals surface area contributed by atoms with E-state index in [0.29, 0.717) is 11.4 Å². The number of amides is 1. The fraction of sp³-hybridized carbons (Fsp3) is 0.143. The van der Waals surface area contributed by atoms with Crippen LogP contribution >= 0.6 is 11.3 Å². The van der Waals surface area contributed by atoms with Crippen LogP contribution in [0.1, 0.15) is 6.42 Å². The first kappa shape index (κ1) is 20.1. The summed E-state index contributed by atoms with van der Waals surface area (Å²) < 4.78 is 28.0. The Kier molecular flexibility index (Phi) is 5.31. The maximum atomic E-state index is 12.7. The van der Waals surface area contributed by atoms with Gasteiger partial charge in [0.1, 0.15) is 0 Å². The maximum absolute atomic E-state index is 12.7. The predicted octanol–water partition coefficient (Wildman–Crippen LogP) is 3.65. The lowest BCUT2D eigenvalue weighted by Gasteiger charge is -2.16. The molecule has 154 valence electrons. The number of hydrogen-bond acceptors (Lipinski definition) is 5. The number of benzene rings is 2. The SMILES string of the molecule is O=C(O)[C@H]1CC(=O)N(c2ccc(S(=O)(=O)Nc3csc(-c4ccccc4)c3)cc2)C1. The number of aliphatic carboxylic acids is 1. The number of sulfonamides is 1. The van der Waals surface area contributed by atoms with Gasteiger partial charge in [-0.25, -0.2) is 8.42 Å². The minimum absolute atomic E-state index is 0.0557.